The van der Waals surface area contributed by atoms with E-state index in [1.807, 2.05) is 13.8 Å². The Morgan fingerprint density at radius 2 is 1.77 bits per heavy atom. The van der Waals surface area contributed by atoms with Gasteiger partial charge >= 0.3 is 0 Å². The Labute approximate surface area is 189 Å². The zero-order chi connectivity index (χ0) is 21.8. The first-order valence-electron chi connectivity index (χ1n) is 9.71. The van der Waals surface area contributed by atoms with Gasteiger partial charge in [-0.05, 0) is 50.1 Å². The van der Waals surface area contributed by atoms with Crippen LogP contribution >= 0.6 is 27.5 Å². The molecule has 1 atom stereocenters. The monoisotopic (exact) mass is 491 g/mol. The number of aliphatic hydroxyl groups is 1. The lowest BCUT2D eigenvalue weighted by atomic mass is 9.95. The Bertz CT molecular complexity index is 954. The van der Waals surface area contributed by atoms with Crippen molar-refractivity contribution in [3.8, 4) is 0 Å². The van der Waals surface area contributed by atoms with Gasteiger partial charge in [-0.25, -0.2) is 0 Å². The van der Waals surface area contributed by atoms with Crippen molar-refractivity contribution in [2.24, 2.45) is 0 Å². The number of carbonyl (C=O) groups is 2. The number of ether oxygens (including phenoxy) is 1. The average molecular weight is 493 g/mol. The molecule has 0 bridgehead atoms. The highest BCUT2D eigenvalue weighted by Crippen LogP contribution is 2.39. The van der Waals surface area contributed by atoms with Crippen LogP contribution in [0.2, 0.25) is 5.02 Å². The molecule has 1 N–H and O–H groups in total. The SMILES string of the molecule is CC(C)OCCCN1C(=O)C(=O)C(=C(O)c2ccc(Br)cc2)[C@@H]1c1ccc(Cl)cc1. The molecule has 1 heterocycles. The van der Waals surface area contributed by atoms with E-state index in [4.69, 9.17) is 16.3 Å². The largest absolute Gasteiger partial charge is 0.507 e. The van der Waals surface area contributed by atoms with Crippen LogP contribution in [0.15, 0.2) is 58.6 Å². The number of rotatable bonds is 7. The van der Waals surface area contributed by atoms with Gasteiger partial charge < -0.3 is 14.7 Å². The van der Waals surface area contributed by atoms with Crippen LogP contribution in [0, 0.1) is 0 Å². The number of amides is 1. The van der Waals surface area contributed by atoms with Gasteiger partial charge in [0.15, 0.2) is 0 Å². The predicted molar refractivity (Wildman–Crippen MR) is 120 cm³/mol. The lowest BCUT2D eigenvalue weighted by Crippen LogP contribution is -2.31. The summed E-state index contributed by atoms with van der Waals surface area (Å²) >= 11 is 9.38. The van der Waals surface area contributed by atoms with Gasteiger partial charge in [0.1, 0.15) is 5.76 Å². The molecule has 158 valence electrons. The molecule has 0 saturated carbocycles. The molecule has 1 saturated heterocycles. The van der Waals surface area contributed by atoms with Crippen LogP contribution in [-0.4, -0.2) is 41.0 Å². The Morgan fingerprint density at radius 3 is 2.37 bits per heavy atom. The molecule has 0 spiro atoms. The van der Waals surface area contributed by atoms with E-state index in [9.17, 15) is 14.7 Å². The predicted octanol–water partition coefficient (Wildman–Crippen LogP) is 5.34. The number of benzene rings is 2. The van der Waals surface area contributed by atoms with Gasteiger partial charge in [-0.15, -0.1) is 0 Å². The molecule has 0 radical (unpaired) electrons. The minimum absolute atomic E-state index is 0.0782. The maximum absolute atomic E-state index is 12.9. The number of halogens is 2. The number of likely N-dealkylation sites (tertiary alicyclic amines) is 1. The van der Waals surface area contributed by atoms with Crippen LogP contribution in [-0.2, 0) is 14.3 Å². The second kappa shape index (κ2) is 9.77. The molecule has 7 heteroatoms. The summed E-state index contributed by atoms with van der Waals surface area (Å²) in [5, 5.41) is 11.5. The first-order valence-corrected chi connectivity index (χ1v) is 10.9. The summed E-state index contributed by atoms with van der Waals surface area (Å²) in [6, 6.07) is 13.2. The van der Waals surface area contributed by atoms with Crippen molar-refractivity contribution in [1.29, 1.82) is 0 Å². The molecular weight excluding hydrogens is 470 g/mol. The first kappa shape index (κ1) is 22.5. The van der Waals surface area contributed by atoms with E-state index in [0.29, 0.717) is 35.7 Å². The van der Waals surface area contributed by atoms with Gasteiger partial charge in [0, 0.05) is 28.2 Å². The van der Waals surface area contributed by atoms with Crippen molar-refractivity contribution < 1.29 is 19.4 Å². The molecule has 1 fully saturated rings. The number of hydrogen-bond donors (Lipinski definition) is 1. The Morgan fingerprint density at radius 1 is 1.13 bits per heavy atom. The van der Waals surface area contributed by atoms with Crippen LogP contribution in [0.1, 0.15) is 37.4 Å². The normalized spacial score (nSPS) is 18.4. The van der Waals surface area contributed by atoms with Crippen molar-refractivity contribution in [1.82, 2.24) is 4.90 Å². The van der Waals surface area contributed by atoms with Crippen molar-refractivity contribution in [2.45, 2.75) is 32.4 Å². The van der Waals surface area contributed by atoms with Gasteiger partial charge in [0.2, 0.25) is 0 Å². The number of ketones is 1. The van der Waals surface area contributed by atoms with Crippen molar-refractivity contribution in [3.63, 3.8) is 0 Å². The number of carbonyl (C=O) groups excluding carboxylic acids is 2. The number of hydrogen-bond acceptors (Lipinski definition) is 4. The van der Waals surface area contributed by atoms with Crippen LogP contribution < -0.4 is 0 Å². The molecule has 2 aromatic rings. The van der Waals surface area contributed by atoms with Gasteiger partial charge in [0.25, 0.3) is 11.7 Å². The third kappa shape index (κ3) is 4.94. The number of nitrogens with zero attached hydrogens (tertiary/aromatic N) is 1. The van der Waals surface area contributed by atoms with Gasteiger partial charge in [-0.1, -0.05) is 51.8 Å². The van der Waals surface area contributed by atoms with Crippen LogP contribution in [0.5, 0.6) is 0 Å². The zero-order valence-corrected chi connectivity index (χ0v) is 19.1. The Balaban J connectivity index is 2.01. The van der Waals surface area contributed by atoms with Crippen LogP contribution in [0.3, 0.4) is 0 Å². The summed E-state index contributed by atoms with van der Waals surface area (Å²) < 4.78 is 6.42. The lowest BCUT2D eigenvalue weighted by Gasteiger charge is -2.25. The van der Waals surface area contributed by atoms with E-state index in [-0.39, 0.29) is 17.4 Å². The Kier molecular flexibility index (Phi) is 7.34. The van der Waals surface area contributed by atoms with Crippen molar-refractivity contribution in [3.05, 3.63) is 74.7 Å². The summed E-state index contributed by atoms with van der Waals surface area (Å²) in [6.45, 7) is 4.69. The fourth-order valence-corrected chi connectivity index (χ4v) is 3.81. The molecule has 30 heavy (non-hydrogen) atoms. The van der Waals surface area contributed by atoms with Gasteiger partial charge in [0.05, 0.1) is 17.7 Å². The number of aliphatic hydroxyl groups excluding tert-OH is 1. The summed E-state index contributed by atoms with van der Waals surface area (Å²) in [7, 11) is 0. The third-order valence-corrected chi connectivity index (χ3v) is 5.62. The van der Waals surface area contributed by atoms with Crippen LogP contribution in [0.4, 0.5) is 0 Å². The smallest absolute Gasteiger partial charge is 0.295 e. The van der Waals surface area contributed by atoms with Gasteiger partial charge in [-0.3, -0.25) is 9.59 Å². The summed E-state index contributed by atoms with van der Waals surface area (Å²) in [4.78, 5) is 27.3. The number of Topliss-reactive ketones (excluding diaryl/α,β-unsaturated/α-hetero) is 1. The van der Waals surface area contributed by atoms with E-state index in [0.717, 1.165) is 4.47 Å². The topological polar surface area (TPSA) is 66.8 Å². The molecule has 3 rings (SSSR count). The quantitative estimate of drug-likeness (QED) is 0.245. The van der Waals surface area contributed by atoms with Crippen LogP contribution in [0.25, 0.3) is 5.76 Å². The highest BCUT2D eigenvalue weighted by molar-refractivity contribution is 9.10. The van der Waals surface area contributed by atoms with E-state index >= 15 is 0 Å². The van der Waals surface area contributed by atoms with E-state index in [1.54, 1.807) is 48.5 Å². The third-order valence-electron chi connectivity index (χ3n) is 4.84. The van der Waals surface area contributed by atoms with E-state index in [2.05, 4.69) is 15.9 Å². The molecule has 1 amide bonds. The lowest BCUT2D eigenvalue weighted by molar-refractivity contribution is -0.140. The minimum atomic E-state index is -0.694. The molecule has 1 aliphatic rings. The molecule has 2 aromatic carbocycles. The minimum Gasteiger partial charge on any atom is -0.507 e. The molecule has 0 unspecified atom stereocenters. The maximum atomic E-state index is 12.9. The summed E-state index contributed by atoms with van der Waals surface area (Å²) in [5.74, 6) is -1.51. The highest BCUT2D eigenvalue weighted by Gasteiger charge is 2.45. The standard InChI is InChI=1S/C23H23BrClNO4/c1-14(2)30-13-3-12-26-20(15-6-10-18(25)11-7-15)19(22(28)23(26)29)21(27)16-4-8-17(24)9-5-16/h4-11,14,20,27H,3,12-13H2,1-2H3/t20-/m0/s1. The fourth-order valence-electron chi connectivity index (χ4n) is 3.42. The van der Waals surface area contributed by atoms with Crippen molar-refractivity contribution >= 4 is 45.0 Å². The fraction of sp³-hybridized carbons (Fsp3) is 0.304. The van der Waals surface area contributed by atoms with E-state index < -0.39 is 17.7 Å². The highest BCUT2D eigenvalue weighted by atomic mass is 79.9. The second-order valence-corrected chi connectivity index (χ2v) is 8.68. The summed E-state index contributed by atoms with van der Waals surface area (Å²) in [6.07, 6.45) is 0.665. The van der Waals surface area contributed by atoms with E-state index in [1.165, 1.54) is 4.90 Å². The average Bonchev–Trinajstić information content (AvgIpc) is 2.96. The Hall–Kier alpha value is -2.15. The first-order chi connectivity index (χ1) is 14.3. The maximum Gasteiger partial charge on any atom is 0.295 e. The molecular formula is C23H23BrClNO4. The molecule has 0 aliphatic carbocycles. The second-order valence-electron chi connectivity index (χ2n) is 7.32. The molecule has 1 aliphatic heterocycles. The molecule has 5 nitrogen and oxygen atoms in total. The summed E-state index contributed by atoms with van der Waals surface area (Å²) in [5.41, 5.74) is 1.26. The molecule has 0 aromatic heterocycles. The van der Waals surface area contributed by atoms with Crippen molar-refractivity contribution in [2.75, 3.05) is 13.2 Å². The van der Waals surface area contributed by atoms with Gasteiger partial charge in [-0.2, -0.15) is 0 Å². The zero-order valence-electron chi connectivity index (χ0n) is 16.8.